The number of alkyl halides is 2. The van der Waals surface area contributed by atoms with Gasteiger partial charge in [0.1, 0.15) is 0 Å². The molecule has 0 fully saturated rings. The van der Waals surface area contributed by atoms with Gasteiger partial charge in [0.15, 0.2) is 11.5 Å². The van der Waals surface area contributed by atoms with E-state index >= 15 is 0 Å². The number of aryl methyl sites for hydroxylation is 1. The fourth-order valence-electron chi connectivity index (χ4n) is 2.99. The van der Waals surface area contributed by atoms with Gasteiger partial charge in [0.2, 0.25) is 6.43 Å². The van der Waals surface area contributed by atoms with Gasteiger partial charge in [-0.3, -0.25) is 9.20 Å². The van der Waals surface area contributed by atoms with Crippen LogP contribution in [0, 0.1) is 6.92 Å². The molecule has 0 aliphatic heterocycles. The van der Waals surface area contributed by atoms with E-state index in [0.29, 0.717) is 15.9 Å². The van der Waals surface area contributed by atoms with Crippen molar-refractivity contribution < 1.29 is 13.6 Å². The molecule has 32 heavy (non-hydrogen) atoms. The third kappa shape index (κ3) is 5.47. The van der Waals surface area contributed by atoms with Crippen LogP contribution >= 0.6 is 15.9 Å². The van der Waals surface area contributed by atoms with Crippen LogP contribution in [-0.4, -0.2) is 33.7 Å². The Labute approximate surface area is 192 Å². The number of aromatic nitrogens is 3. The summed E-state index contributed by atoms with van der Waals surface area (Å²) in [6, 6.07) is 13.8. The van der Waals surface area contributed by atoms with Crippen LogP contribution in [0.4, 0.5) is 20.3 Å². The maximum atomic E-state index is 11.8. The first-order valence-corrected chi connectivity index (χ1v) is 10.6. The summed E-state index contributed by atoms with van der Waals surface area (Å²) in [5.74, 6) is 0.495. The molecule has 1 amide bonds. The lowest BCUT2D eigenvalue weighted by atomic mass is 10.1. The number of benzene rings is 2. The zero-order chi connectivity index (χ0) is 23.3. The molecule has 0 saturated carbocycles. The van der Waals surface area contributed by atoms with Crippen molar-refractivity contribution in [2.24, 2.45) is 0 Å². The normalized spacial score (nSPS) is 10.6. The van der Waals surface area contributed by atoms with Gasteiger partial charge in [0.25, 0.3) is 5.91 Å². The van der Waals surface area contributed by atoms with Crippen molar-refractivity contribution in [3.8, 4) is 11.3 Å². The molecular weight excluding hydrogens is 480 g/mol. The number of anilines is 2. The Morgan fingerprint density at radius 3 is 2.44 bits per heavy atom. The summed E-state index contributed by atoms with van der Waals surface area (Å²) in [5, 5.41) is 5.91. The lowest BCUT2D eigenvalue weighted by molar-refractivity contribution is 0.0962. The Kier molecular flexibility index (Phi) is 7.53. The standard InChI is InChI=1S/C21H18BrN5O.C2H4F2/c1-13-3-5-14(6-4-13)18-12-25-20-19(24-9-10-27(18)20)26-15-7-8-16(17(22)11-15)21(28)23-2;1-2(3)4/h3-12H,1-2H3,(H,23,28)(H,24,26);2H,1H3. The molecule has 0 radical (unpaired) electrons. The molecule has 2 aromatic heterocycles. The van der Waals surface area contributed by atoms with Crippen LogP contribution in [0.2, 0.25) is 0 Å². The van der Waals surface area contributed by atoms with Crippen LogP contribution in [0.25, 0.3) is 16.9 Å². The number of nitrogens with one attached hydrogen (secondary N) is 2. The molecule has 0 aliphatic carbocycles. The lowest BCUT2D eigenvalue weighted by Gasteiger charge is -2.10. The van der Waals surface area contributed by atoms with E-state index in [1.165, 1.54) is 5.56 Å². The number of nitrogens with zero attached hydrogens (tertiary/aromatic N) is 3. The van der Waals surface area contributed by atoms with E-state index < -0.39 is 6.43 Å². The highest BCUT2D eigenvalue weighted by molar-refractivity contribution is 9.10. The van der Waals surface area contributed by atoms with Crippen LogP contribution in [0.1, 0.15) is 22.8 Å². The summed E-state index contributed by atoms with van der Waals surface area (Å²) >= 11 is 3.45. The molecule has 4 rings (SSSR count). The number of carbonyl (C=O) groups is 1. The predicted octanol–water partition coefficient (Wildman–Crippen LogP) is 5.84. The molecule has 9 heteroatoms. The average molecular weight is 502 g/mol. The molecule has 4 aromatic rings. The van der Waals surface area contributed by atoms with Crippen molar-refractivity contribution >= 4 is 39.0 Å². The summed E-state index contributed by atoms with van der Waals surface area (Å²) in [7, 11) is 1.61. The lowest BCUT2D eigenvalue weighted by Crippen LogP contribution is -2.18. The first kappa shape index (κ1) is 23.3. The minimum Gasteiger partial charge on any atom is -0.355 e. The number of imidazole rings is 1. The Hall–Kier alpha value is -3.33. The highest BCUT2D eigenvalue weighted by Crippen LogP contribution is 2.27. The van der Waals surface area contributed by atoms with Crippen molar-refractivity contribution in [1.29, 1.82) is 0 Å². The Morgan fingerprint density at radius 1 is 1.12 bits per heavy atom. The number of hydrogen-bond donors (Lipinski definition) is 2. The number of halogens is 3. The van der Waals surface area contributed by atoms with E-state index in [1.54, 1.807) is 19.3 Å². The SMILES string of the molecule is CC(F)F.CNC(=O)c1ccc(Nc2nccn3c(-c4ccc(C)cc4)cnc23)cc1Br. The molecule has 2 heterocycles. The van der Waals surface area contributed by atoms with E-state index in [1.807, 2.05) is 28.9 Å². The highest BCUT2D eigenvalue weighted by atomic mass is 79.9. The molecule has 0 bridgehead atoms. The number of carbonyl (C=O) groups excluding carboxylic acids is 1. The summed E-state index contributed by atoms with van der Waals surface area (Å²) in [6.45, 7) is 2.90. The average Bonchev–Trinajstić information content (AvgIpc) is 3.19. The fraction of sp³-hybridized carbons (Fsp3) is 0.174. The van der Waals surface area contributed by atoms with Crippen molar-refractivity contribution in [3.05, 3.63) is 76.7 Å². The van der Waals surface area contributed by atoms with E-state index in [2.05, 4.69) is 67.7 Å². The van der Waals surface area contributed by atoms with Gasteiger partial charge in [-0.05, 0) is 48.0 Å². The van der Waals surface area contributed by atoms with E-state index in [9.17, 15) is 13.6 Å². The van der Waals surface area contributed by atoms with Crippen molar-refractivity contribution in [3.63, 3.8) is 0 Å². The topological polar surface area (TPSA) is 71.3 Å². The first-order valence-electron chi connectivity index (χ1n) is 9.76. The van der Waals surface area contributed by atoms with Crippen molar-refractivity contribution in [2.75, 3.05) is 12.4 Å². The van der Waals surface area contributed by atoms with Crippen LogP contribution < -0.4 is 10.6 Å². The van der Waals surface area contributed by atoms with Gasteiger partial charge in [-0.25, -0.2) is 18.7 Å². The van der Waals surface area contributed by atoms with Crippen LogP contribution in [-0.2, 0) is 0 Å². The Balaban J connectivity index is 0.000000668. The maximum absolute atomic E-state index is 11.8. The molecule has 0 spiro atoms. The van der Waals surface area contributed by atoms with Gasteiger partial charge >= 0.3 is 0 Å². The summed E-state index contributed by atoms with van der Waals surface area (Å²) in [5.41, 5.74) is 5.41. The van der Waals surface area contributed by atoms with Gasteiger partial charge < -0.3 is 10.6 Å². The van der Waals surface area contributed by atoms with Gasteiger partial charge in [0.05, 0.1) is 17.5 Å². The second kappa shape index (κ2) is 10.3. The predicted molar refractivity (Wildman–Crippen MR) is 126 cm³/mol. The molecule has 0 saturated heterocycles. The maximum Gasteiger partial charge on any atom is 0.252 e. The summed E-state index contributed by atoms with van der Waals surface area (Å²) < 4.78 is 23.4. The second-order valence-electron chi connectivity index (χ2n) is 6.90. The molecule has 0 aliphatic rings. The molecular formula is C23H22BrF2N5O. The fourth-order valence-corrected chi connectivity index (χ4v) is 3.55. The van der Waals surface area contributed by atoms with Crippen LogP contribution in [0.15, 0.2) is 65.5 Å². The van der Waals surface area contributed by atoms with Gasteiger partial charge in [0, 0.05) is 35.2 Å². The third-order valence-corrected chi connectivity index (χ3v) is 5.13. The quantitative estimate of drug-likeness (QED) is 0.368. The summed E-state index contributed by atoms with van der Waals surface area (Å²) in [4.78, 5) is 20.8. The van der Waals surface area contributed by atoms with Gasteiger partial charge in [-0.2, -0.15) is 0 Å². The zero-order valence-electron chi connectivity index (χ0n) is 17.7. The molecule has 2 aromatic carbocycles. The minimum atomic E-state index is -2.17. The number of rotatable bonds is 4. The molecule has 166 valence electrons. The van der Waals surface area contributed by atoms with E-state index in [-0.39, 0.29) is 5.91 Å². The molecule has 0 atom stereocenters. The largest absolute Gasteiger partial charge is 0.355 e. The third-order valence-electron chi connectivity index (χ3n) is 4.48. The number of amides is 1. The minimum absolute atomic E-state index is 0.144. The van der Waals surface area contributed by atoms with E-state index in [0.717, 1.165) is 29.5 Å². The summed E-state index contributed by atoms with van der Waals surface area (Å²) in [6.07, 6.45) is 3.31. The molecule has 0 unspecified atom stereocenters. The monoisotopic (exact) mass is 501 g/mol. The Bertz CT molecular complexity index is 1220. The Morgan fingerprint density at radius 2 is 1.81 bits per heavy atom. The van der Waals surface area contributed by atoms with E-state index in [4.69, 9.17) is 0 Å². The zero-order valence-corrected chi connectivity index (χ0v) is 19.3. The first-order chi connectivity index (χ1) is 15.3. The van der Waals surface area contributed by atoms with Crippen molar-refractivity contribution in [2.45, 2.75) is 20.3 Å². The highest BCUT2D eigenvalue weighted by Gasteiger charge is 2.12. The van der Waals surface area contributed by atoms with Gasteiger partial charge in [-0.15, -0.1) is 0 Å². The smallest absolute Gasteiger partial charge is 0.252 e. The van der Waals surface area contributed by atoms with Crippen molar-refractivity contribution in [1.82, 2.24) is 19.7 Å². The van der Waals surface area contributed by atoms with Crippen LogP contribution in [0.3, 0.4) is 0 Å². The molecule has 6 nitrogen and oxygen atoms in total. The molecule has 2 N–H and O–H groups in total. The van der Waals surface area contributed by atoms with Crippen LogP contribution in [0.5, 0.6) is 0 Å². The number of fused-ring (bicyclic) bond motifs is 1. The second-order valence-corrected chi connectivity index (χ2v) is 7.75. The number of hydrogen-bond acceptors (Lipinski definition) is 4. The van der Waals surface area contributed by atoms with Gasteiger partial charge in [-0.1, -0.05) is 29.8 Å².